The molecule has 13 heavy (non-hydrogen) atoms. The van der Waals surface area contributed by atoms with Crippen molar-refractivity contribution in [2.75, 3.05) is 5.75 Å². The van der Waals surface area contributed by atoms with E-state index >= 15 is 0 Å². The zero-order valence-electron chi connectivity index (χ0n) is 8.57. The maximum Gasteiger partial charge on any atom is 0.0946 e. The third kappa shape index (κ3) is 3.07. The first-order valence-electron chi connectivity index (χ1n) is 4.60. The summed E-state index contributed by atoms with van der Waals surface area (Å²) >= 11 is 4.39. The molecule has 0 N–H and O–H groups in total. The Hall–Kier alpha value is -0.440. The molecule has 0 aliphatic carbocycles. The van der Waals surface area contributed by atoms with E-state index in [1.165, 1.54) is 0 Å². The van der Waals surface area contributed by atoms with E-state index in [1.54, 1.807) is 0 Å². The summed E-state index contributed by atoms with van der Waals surface area (Å²) in [5.41, 5.74) is 0.312. The molecule has 0 saturated heterocycles. The molecule has 0 aromatic carbocycles. The molecule has 1 rings (SSSR count). The van der Waals surface area contributed by atoms with Crippen molar-refractivity contribution < 1.29 is 0 Å². The van der Waals surface area contributed by atoms with E-state index in [2.05, 4.69) is 43.0 Å². The van der Waals surface area contributed by atoms with E-state index in [9.17, 15) is 0 Å². The normalized spacial score (nSPS) is 14.5. The van der Waals surface area contributed by atoms with Crippen LogP contribution in [0.15, 0.2) is 18.7 Å². The lowest BCUT2D eigenvalue weighted by Gasteiger charge is -2.29. The van der Waals surface area contributed by atoms with Crippen molar-refractivity contribution in [1.29, 1.82) is 0 Å². The van der Waals surface area contributed by atoms with Gasteiger partial charge >= 0.3 is 0 Å². The van der Waals surface area contributed by atoms with Crippen molar-refractivity contribution in [3.63, 3.8) is 0 Å². The number of hydrogen-bond acceptors (Lipinski definition) is 2. The summed E-state index contributed by atoms with van der Waals surface area (Å²) in [6, 6.07) is 0. The average Bonchev–Trinajstić information content (AvgIpc) is 2.49. The molecule has 1 heterocycles. The maximum atomic E-state index is 4.39. The first-order chi connectivity index (χ1) is 6.04. The van der Waals surface area contributed by atoms with E-state index in [1.807, 2.05) is 18.7 Å². The minimum atomic E-state index is 0.312. The summed E-state index contributed by atoms with van der Waals surface area (Å²) in [5.74, 6) is 1.51. The monoisotopic (exact) mass is 198 g/mol. The van der Waals surface area contributed by atoms with Crippen molar-refractivity contribution in [3.05, 3.63) is 18.7 Å². The smallest absolute Gasteiger partial charge is 0.0946 e. The van der Waals surface area contributed by atoms with Gasteiger partial charge in [-0.2, -0.15) is 12.6 Å². The molecule has 0 spiro atoms. The summed E-state index contributed by atoms with van der Waals surface area (Å²) in [4.78, 5) is 4.03. The van der Waals surface area contributed by atoms with Gasteiger partial charge in [-0.25, -0.2) is 4.98 Å². The fourth-order valence-electron chi connectivity index (χ4n) is 1.25. The van der Waals surface area contributed by atoms with Gasteiger partial charge in [-0.3, -0.25) is 0 Å². The van der Waals surface area contributed by atoms with Gasteiger partial charge in [-0.15, -0.1) is 0 Å². The predicted molar refractivity (Wildman–Crippen MR) is 59.0 cm³/mol. The van der Waals surface area contributed by atoms with E-state index in [0.29, 0.717) is 11.3 Å². The van der Waals surface area contributed by atoms with Crippen molar-refractivity contribution >= 4 is 12.6 Å². The van der Waals surface area contributed by atoms with Gasteiger partial charge in [-0.05, 0) is 17.1 Å². The zero-order valence-corrected chi connectivity index (χ0v) is 9.46. The SMILES string of the molecule is CC(C)(C)C(CS)Cn1ccnc1. The summed E-state index contributed by atoms with van der Waals surface area (Å²) in [6.45, 7) is 7.77. The Balaban J connectivity index is 2.60. The standard InChI is InChI=1S/C10H18N2S/c1-10(2,3)9(7-13)6-12-5-4-11-8-12/h4-5,8-9,13H,6-7H2,1-3H3. The molecule has 3 heteroatoms. The largest absolute Gasteiger partial charge is 0.337 e. The van der Waals surface area contributed by atoms with Gasteiger partial charge in [0.15, 0.2) is 0 Å². The molecule has 1 unspecified atom stereocenters. The molecule has 0 aliphatic rings. The Bertz CT molecular complexity index is 236. The Morgan fingerprint density at radius 2 is 2.15 bits per heavy atom. The maximum absolute atomic E-state index is 4.39. The van der Waals surface area contributed by atoms with Crippen molar-refractivity contribution in [2.45, 2.75) is 27.3 Å². The summed E-state index contributed by atoms with van der Waals surface area (Å²) in [6.07, 6.45) is 5.68. The fraction of sp³-hybridized carbons (Fsp3) is 0.700. The van der Waals surface area contributed by atoms with Crippen molar-refractivity contribution in [2.24, 2.45) is 11.3 Å². The van der Waals surface area contributed by atoms with Crippen LogP contribution < -0.4 is 0 Å². The Labute approximate surface area is 85.8 Å². The van der Waals surface area contributed by atoms with Crippen LogP contribution in [-0.2, 0) is 6.54 Å². The quantitative estimate of drug-likeness (QED) is 0.739. The van der Waals surface area contributed by atoms with Gasteiger partial charge in [0.1, 0.15) is 0 Å². The predicted octanol–water partition coefficient (Wildman–Crippen LogP) is 2.48. The van der Waals surface area contributed by atoms with Gasteiger partial charge in [0, 0.05) is 18.9 Å². The molecule has 74 valence electrons. The second-order valence-electron chi connectivity index (χ2n) is 4.51. The Morgan fingerprint density at radius 1 is 1.46 bits per heavy atom. The molecule has 1 aromatic heterocycles. The zero-order chi connectivity index (χ0) is 9.90. The molecule has 0 fully saturated rings. The van der Waals surface area contributed by atoms with Crippen LogP contribution in [-0.4, -0.2) is 15.3 Å². The highest BCUT2D eigenvalue weighted by Gasteiger charge is 2.23. The topological polar surface area (TPSA) is 17.8 Å². The minimum absolute atomic E-state index is 0.312. The van der Waals surface area contributed by atoms with E-state index in [-0.39, 0.29) is 0 Å². The number of hydrogen-bond donors (Lipinski definition) is 1. The van der Waals surface area contributed by atoms with Crippen LogP contribution in [0, 0.1) is 11.3 Å². The lowest BCUT2D eigenvalue weighted by atomic mass is 9.82. The van der Waals surface area contributed by atoms with Crippen LogP contribution in [0.3, 0.4) is 0 Å². The molecule has 0 saturated carbocycles. The van der Waals surface area contributed by atoms with Gasteiger partial charge in [0.05, 0.1) is 6.33 Å². The van der Waals surface area contributed by atoms with Crippen LogP contribution in [0.2, 0.25) is 0 Å². The second kappa shape index (κ2) is 4.18. The lowest BCUT2D eigenvalue weighted by Crippen LogP contribution is -2.26. The van der Waals surface area contributed by atoms with Gasteiger partial charge in [0.25, 0.3) is 0 Å². The van der Waals surface area contributed by atoms with E-state index < -0.39 is 0 Å². The molecular formula is C10H18N2S. The highest BCUT2D eigenvalue weighted by molar-refractivity contribution is 7.80. The second-order valence-corrected chi connectivity index (χ2v) is 4.87. The van der Waals surface area contributed by atoms with E-state index in [0.717, 1.165) is 12.3 Å². The molecule has 1 atom stereocenters. The third-order valence-corrected chi connectivity index (χ3v) is 2.88. The number of aromatic nitrogens is 2. The number of nitrogens with zero attached hydrogens (tertiary/aromatic N) is 2. The van der Waals surface area contributed by atoms with Crippen molar-refractivity contribution in [3.8, 4) is 0 Å². The van der Waals surface area contributed by atoms with Crippen LogP contribution in [0.5, 0.6) is 0 Å². The third-order valence-electron chi connectivity index (χ3n) is 2.44. The Kier molecular flexibility index (Phi) is 3.42. The van der Waals surface area contributed by atoms with Gasteiger partial charge in [0.2, 0.25) is 0 Å². The first kappa shape index (κ1) is 10.6. The van der Waals surface area contributed by atoms with Crippen LogP contribution in [0.1, 0.15) is 20.8 Å². The molecule has 2 nitrogen and oxygen atoms in total. The minimum Gasteiger partial charge on any atom is -0.337 e. The highest BCUT2D eigenvalue weighted by Crippen LogP contribution is 2.28. The molecule has 1 aromatic rings. The summed E-state index contributed by atoms with van der Waals surface area (Å²) in [7, 11) is 0. The molecule has 0 bridgehead atoms. The first-order valence-corrected chi connectivity index (χ1v) is 5.24. The van der Waals surface area contributed by atoms with Crippen LogP contribution in [0.25, 0.3) is 0 Å². The fourth-order valence-corrected chi connectivity index (χ4v) is 1.92. The van der Waals surface area contributed by atoms with Crippen LogP contribution in [0.4, 0.5) is 0 Å². The van der Waals surface area contributed by atoms with Gasteiger partial charge < -0.3 is 4.57 Å². The number of imidazole rings is 1. The lowest BCUT2D eigenvalue weighted by molar-refractivity contribution is 0.238. The van der Waals surface area contributed by atoms with Crippen molar-refractivity contribution in [1.82, 2.24) is 9.55 Å². The number of rotatable bonds is 3. The molecule has 0 radical (unpaired) electrons. The van der Waals surface area contributed by atoms with Gasteiger partial charge in [-0.1, -0.05) is 20.8 Å². The van der Waals surface area contributed by atoms with E-state index in [4.69, 9.17) is 0 Å². The highest BCUT2D eigenvalue weighted by atomic mass is 32.1. The molecular weight excluding hydrogens is 180 g/mol. The average molecular weight is 198 g/mol. The molecule has 0 aliphatic heterocycles. The molecule has 0 amide bonds. The summed E-state index contributed by atoms with van der Waals surface area (Å²) < 4.78 is 2.12. The summed E-state index contributed by atoms with van der Waals surface area (Å²) in [5, 5.41) is 0. The van der Waals surface area contributed by atoms with Crippen LogP contribution >= 0.6 is 12.6 Å². The Morgan fingerprint density at radius 3 is 2.54 bits per heavy atom. The number of thiol groups is 1.